The lowest BCUT2D eigenvalue weighted by Gasteiger charge is -2.22. The summed E-state index contributed by atoms with van der Waals surface area (Å²) < 4.78 is 66.2. The molecule has 1 amide bonds. The van der Waals surface area contributed by atoms with Gasteiger partial charge in [0, 0.05) is 18.3 Å². The molecule has 0 saturated carbocycles. The predicted molar refractivity (Wildman–Crippen MR) is 123 cm³/mol. The number of alkyl halides is 3. The molecule has 35 heavy (non-hydrogen) atoms. The summed E-state index contributed by atoms with van der Waals surface area (Å²) in [5.74, 6) is -0.932. The Morgan fingerprint density at radius 2 is 2.09 bits per heavy atom. The zero-order chi connectivity index (χ0) is 25.6. The van der Waals surface area contributed by atoms with Gasteiger partial charge in [-0.25, -0.2) is 22.9 Å². The number of allylic oxidation sites excluding steroid dienone is 4. The van der Waals surface area contributed by atoms with Crippen LogP contribution >= 0.6 is 0 Å². The van der Waals surface area contributed by atoms with E-state index in [9.17, 15) is 26.6 Å². The predicted octanol–water partition coefficient (Wildman–Crippen LogP) is 4.24. The summed E-state index contributed by atoms with van der Waals surface area (Å²) in [5, 5.41) is 2.74. The van der Waals surface area contributed by atoms with Crippen molar-refractivity contribution in [2.24, 2.45) is 0 Å². The van der Waals surface area contributed by atoms with Gasteiger partial charge in [0.2, 0.25) is 5.91 Å². The van der Waals surface area contributed by atoms with Crippen molar-refractivity contribution in [1.29, 1.82) is 0 Å². The molecule has 0 bridgehead atoms. The van der Waals surface area contributed by atoms with Crippen LogP contribution < -0.4 is 5.32 Å². The fraction of sp³-hybridized carbons (Fsp3) is 0.304. The van der Waals surface area contributed by atoms with Gasteiger partial charge >= 0.3 is 6.18 Å². The number of hydrogen-bond donors (Lipinski definition) is 1. The molecular weight excluding hydrogens is 486 g/mol. The van der Waals surface area contributed by atoms with Gasteiger partial charge in [-0.1, -0.05) is 18.7 Å². The number of carbonyl (C=O) groups excluding carboxylic acids is 1. The van der Waals surface area contributed by atoms with Gasteiger partial charge in [-0.05, 0) is 44.0 Å². The van der Waals surface area contributed by atoms with Crippen molar-refractivity contribution in [3.05, 3.63) is 77.7 Å². The maximum Gasteiger partial charge on any atom is 0.433 e. The Labute approximate surface area is 202 Å². The number of rotatable bonds is 8. The summed E-state index contributed by atoms with van der Waals surface area (Å²) in [6.07, 6.45) is 2.52. The first-order chi connectivity index (χ1) is 16.6. The van der Waals surface area contributed by atoms with E-state index in [4.69, 9.17) is 0 Å². The quantitative estimate of drug-likeness (QED) is 0.425. The third-order valence-electron chi connectivity index (χ3n) is 5.20. The standard InChI is InChI=1S/C23H23F4N5O2S/c1-3-16(24)10-18(4-2)35(34)32-9-5-6-20(32)22(33)29-13-17-11-19(31-14-30-17)15-7-8-21(28-12-15)23(25,26)27/h3-4,7-8,10-12,14,20H,2,5-6,9,13H2,1H3,(H,29,33)/b16-3+,18-10+/t20-,35?/m0/s1. The molecule has 0 spiro atoms. The van der Waals surface area contributed by atoms with Gasteiger partial charge in [-0.3, -0.25) is 9.78 Å². The van der Waals surface area contributed by atoms with Crippen LogP contribution in [0.2, 0.25) is 0 Å². The maximum absolute atomic E-state index is 13.6. The highest BCUT2D eigenvalue weighted by Crippen LogP contribution is 2.29. The van der Waals surface area contributed by atoms with Crippen molar-refractivity contribution < 1.29 is 26.6 Å². The van der Waals surface area contributed by atoms with E-state index >= 15 is 0 Å². The lowest BCUT2D eigenvalue weighted by atomic mass is 10.1. The maximum atomic E-state index is 13.6. The number of nitrogens with one attached hydrogen (secondary N) is 1. The Kier molecular flexibility index (Phi) is 8.62. The lowest BCUT2D eigenvalue weighted by molar-refractivity contribution is -0.141. The van der Waals surface area contributed by atoms with Crippen molar-refractivity contribution in [2.45, 2.75) is 38.5 Å². The van der Waals surface area contributed by atoms with Crippen LogP contribution in [0.3, 0.4) is 0 Å². The molecule has 1 aliphatic rings. The molecule has 3 heterocycles. The summed E-state index contributed by atoms with van der Waals surface area (Å²) >= 11 is 0. The molecule has 186 valence electrons. The number of aromatic nitrogens is 3. The van der Waals surface area contributed by atoms with E-state index in [0.29, 0.717) is 36.3 Å². The SMILES string of the molecule is C=C/C(=C\C(F)=C/C)S(=O)N1CCC[C@H]1C(=O)NCc1cc(-c2ccc(C(F)(F)F)nc2)ncn1. The monoisotopic (exact) mass is 509 g/mol. The number of pyridine rings is 1. The first-order valence-corrected chi connectivity index (χ1v) is 11.7. The van der Waals surface area contributed by atoms with Gasteiger partial charge in [0.25, 0.3) is 0 Å². The lowest BCUT2D eigenvalue weighted by Crippen LogP contribution is -2.43. The van der Waals surface area contributed by atoms with E-state index in [1.165, 1.54) is 41.8 Å². The number of carbonyl (C=O) groups is 1. The minimum absolute atomic E-state index is 0.0246. The molecule has 1 N–H and O–H groups in total. The summed E-state index contributed by atoms with van der Waals surface area (Å²) in [7, 11) is -1.77. The summed E-state index contributed by atoms with van der Waals surface area (Å²) in [4.78, 5) is 24.6. The van der Waals surface area contributed by atoms with Crippen molar-refractivity contribution in [3.8, 4) is 11.3 Å². The molecule has 2 aromatic heterocycles. The van der Waals surface area contributed by atoms with Crippen molar-refractivity contribution in [3.63, 3.8) is 0 Å². The van der Waals surface area contributed by atoms with E-state index in [1.807, 2.05) is 0 Å². The van der Waals surface area contributed by atoms with Gasteiger partial charge in [-0.15, -0.1) is 0 Å². The summed E-state index contributed by atoms with van der Waals surface area (Å²) in [6.45, 7) is 5.51. The second-order valence-corrected chi connectivity index (χ2v) is 8.95. The zero-order valence-corrected chi connectivity index (χ0v) is 19.6. The summed E-state index contributed by atoms with van der Waals surface area (Å²) in [5.41, 5.74) is 0.128. The van der Waals surface area contributed by atoms with Crippen LogP contribution in [0.4, 0.5) is 17.6 Å². The van der Waals surface area contributed by atoms with Crippen molar-refractivity contribution in [1.82, 2.24) is 24.6 Å². The fourth-order valence-corrected chi connectivity index (χ4v) is 4.75. The minimum Gasteiger partial charge on any atom is -0.349 e. The molecule has 1 saturated heterocycles. The number of amides is 1. The number of hydrogen-bond acceptors (Lipinski definition) is 5. The van der Waals surface area contributed by atoms with E-state index in [1.54, 1.807) is 0 Å². The first-order valence-electron chi connectivity index (χ1n) is 10.6. The zero-order valence-electron chi connectivity index (χ0n) is 18.8. The van der Waals surface area contributed by atoms with Crippen LogP contribution in [-0.2, 0) is 28.5 Å². The molecule has 0 aliphatic carbocycles. The first kappa shape index (κ1) is 26.4. The van der Waals surface area contributed by atoms with Gasteiger partial charge in [-0.2, -0.15) is 13.2 Å². The number of halogens is 4. The number of nitrogens with zero attached hydrogens (tertiary/aromatic N) is 4. The highest BCUT2D eigenvalue weighted by atomic mass is 32.2. The molecule has 2 atom stereocenters. The van der Waals surface area contributed by atoms with E-state index < -0.39 is 34.7 Å². The molecule has 7 nitrogen and oxygen atoms in total. The van der Waals surface area contributed by atoms with Crippen LogP contribution in [0.25, 0.3) is 11.3 Å². The van der Waals surface area contributed by atoms with E-state index in [0.717, 1.165) is 18.3 Å². The minimum atomic E-state index is -4.54. The molecule has 1 fully saturated rings. The van der Waals surface area contributed by atoms with Gasteiger partial charge in [0.15, 0.2) is 0 Å². The highest BCUT2D eigenvalue weighted by Gasteiger charge is 2.35. The molecule has 1 aliphatic heterocycles. The van der Waals surface area contributed by atoms with Crippen molar-refractivity contribution >= 4 is 16.9 Å². The topological polar surface area (TPSA) is 88.1 Å². The molecule has 12 heteroatoms. The van der Waals surface area contributed by atoms with E-state index in [-0.39, 0.29) is 17.4 Å². The fourth-order valence-electron chi connectivity index (χ4n) is 3.40. The van der Waals surface area contributed by atoms with Gasteiger partial charge < -0.3 is 5.32 Å². The normalized spacial score (nSPS) is 18.4. The van der Waals surface area contributed by atoms with Gasteiger partial charge in [0.1, 0.15) is 34.9 Å². The average molecular weight is 510 g/mol. The van der Waals surface area contributed by atoms with Gasteiger partial charge in [0.05, 0.1) is 22.8 Å². The van der Waals surface area contributed by atoms with Crippen LogP contribution in [0.15, 0.2) is 66.3 Å². The molecule has 3 rings (SSSR count). The smallest absolute Gasteiger partial charge is 0.349 e. The third-order valence-corrected chi connectivity index (χ3v) is 6.75. The average Bonchev–Trinajstić information content (AvgIpc) is 3.35. The third kappa shape index (κ3) is 6.67. The molecule has 1 unspecified atom stereocenters. The second kappa shape index (κ2) is 11.5. The molecule has 0 aromatic carbocycles. The van der Waals surface area contributed by atoms with Crippen LogP contribution in [0.1, 0.15) is 31.2 Å². The molecule has 0 radical (unpaired) electrons. The van der Waals surface area contributed by atoms with Crippen LogP contribution in [-0.4, -0.2) is 42.0 Å². The Hall–Kier alpha value is -3.25. The Balaban J connectivity index is 1.67. The Morgan fingerprint density at radius 1 is 1.31 bits per heavy atom. The Bertz CT molecular complexity index is 1170. The molecule has 2 aromatic rings. The Morgan fingerprint density at radius 3 is 2.71 bits per heavy atom. The molecular formula is C23H23F4N5O2S. The highest BCUT2D eigenvalue weighted by molar-refractivity contribution is 7.87. The van der Waals surface area contributed by atoms with Crippen molar-refractivity contribution in [2.75, 3.05) is 6.54 Å². The largest absolute Gasteiger partial charge is 0.433 e. The van der Waals surface area contributed by atoms with E-state index in [2.05, 4.69) is 26.8 Å². The summed E-state index contributed by atoms with van der Waals surface area (Å²) in [6, 6.07) is 2.97. The van der Waals surface area contributed by atoms with Crippen LogP contribution in [0.5, 0.6) is 0 Å². The second-order valence-electron chi connectivity index (χ2n) is 7.51. The van der Waals surface area contributed by atoms with Crippen LogP contribution in [0, 0.1) is 0 Å².